The number of likely N-dealkylation sites (tertiary alicyclic amines) is 1. The Bertz CT molecular complexity index is 502. The Balaban J connectivity index is 2.10. The number of nitrogens with zero attached hydrogens (tertiary/aromatic N) is 1. The van der Waals surface area contributed by atoms with Crippen molar-refractivity contribution in [3.63, 3.8) is 0 Å². The van der Waals surface area contributed by atoms with Crippen molar-refractivity contribution < 1.29 is 18.0 Å². The second-order valence-corrected chi connectivity index (χ2v) is 5.49. The van der Waals surface area contributed by atoms with Crippen molar-refractivity contribution in [1.29, 1.82) is 0 Å². The summed E-state index contributed by atoms with van der Waals surface area (Å²) >= 11 is 0. The van der Waals surface area contributed by atoms with Crippen molar-refractivity contribution >= 4 is 5.91 Å². The van der Waals surface area contributed by atoms with E-state index in [0.717, 1.165) is 31.9 Å². The molecule has 1 aliphatic heterocycles. The van der Waals surface area contributed by atoms with E-state index >= 15 is 0 Å². The molecule has 0 aromatic heterocycles. The zero-order valence-electron chi connectivity index (χ0n) is 11.7. The van der Waals surface area contributed by atoms with Gasteiger partial charge in [0.15, 0.2) is 0 Å². The molecule has 6 heteroatoms. The molecule has 0 spiro atoms. The van der Waals surface area contributed by atoms with Crippen molar-refractivity contribution in [3.05, 3.63) is 35.4 Å². The van der Waals surface area contributed by atoms with Crippen LogP contribution in [0.4, 0.5) is 13.2 Å². The summed E-state index contributed by atoms with van der Waals surface area (Å²) in [6.07, 6.45) is -1.18. The molecule has 21 heavy (non-hydrogen) atoms. The number of primary amides is 1. The van der Waals surface area contributed by atoms with Crippen LogP contribution in [0.3, 0.4) is 0 Å². The minimum atomic E-state index is -4.33. The number of hydrogen-bond acceptors (Lipinski definition) is 2. The maximum Gasteiger partial charge on any atom is 0.416 e. The van der Waals surface area contributed by atoms with Gasteiger partial charge in [-0.05, 0) is 31.0 Å². The molecule has 1 fully saturated rings. The fourth-order valence-electron chi connectivity index (χ4n) is 2.81. The molecule has 1 amide bonds. The summed E-state index contributed by atoms with van der Waals surface area (Å²) in [6.45, 7) is 1.20. The van der Waals surface area contributed by atoms with Gasteiger partial charge in [-0.1, -0.05) is 24.6 Å². The number of nitrogens with two attached hydrogens (primary N) is 1. The summed E-state index contributed by atoms with van der Waals surface area (Å²) in [4.78, 5) is 13.2. The van der Waals surface area contributed by atoms with Gasteiger partial charge in [-0.25, -0.2) is 0 Å². The molecule has 1 saturated heterocycles. The van der Waals surface area contributed by atoms with Gasteiger partial charge in [-0.2, -0.15) is 13.2 Å². The third kappa shape index (κ3) is 4.46. The predicted molar refractivity (Wildman–Crippen MR) is 73.3 cm³/mol. The minimum absolute atomic E-state index is 0.0331. The van der Waals surface area contributed by atoms with E-state index in [1.807, 2.05) is 0 Å². The van der Waals surface area contributed by atoms with E-state index in [2.05, 4.69) is 4.90 Å². The smallest absolute Gasteiger partial charge is 0.370 e. The molecule has 0 aliphatic carbocycles. The Morgan fingerprint density at radius 3 is 2.76 bits per heavy atom. The van der Waals surface area contributed by atoms with E-state index < -0.39 is 11.7 Å². The molecule has 0 saturated carbocycles. The Morgan fingerprint density at radius 2 is 2.10 bits per heavy atom. The largest absolute Gasteiger partial charge is 0.416 e. The van der Waals surface area contributed by atoms with Gasteiger partial charge in [-0.15, -0.1) is 0 Å². The zero-order chi connectivity index (χ0) is 15.5. The fraction of sp³-hybridized carbons (Fsp3) is 0.533. The highest BCUT2D eigenvalue weighted by atomic mass is 19.4. The number of carbonyl (C=O) groups excluding carboxylic acids is 1. The van der Waals surface area contributed by atoms with Crippen LogP contribution in [0.1, 0.15) is 36.8 Å². The molecule has 0 bridgehead atoms. The van der Waals surface area contributed by atoms with E-state index in [1.54, 1.807) is 6.07 Å². The van der Waals surface area contributed by atoms with E-state index in [9.17, 15) is 18.0 Å². The first-order chi connectivity index (χ1) is 9.86. The molecule has 2 N–H and O–H groups in total. The Kier molecular flexibility index (Phi) is 4.88. The number of rotatable bonds is 4. The summed E-state index contributed by atoms with van der Waals surface area (Å²) in [5.74, 6) is -0.365. The molecule has 3 nitrogen and oxygen atoms in total. The molecule has 1 aromatic rings. The van der Waals surface area contributed by atoms with Crippen LogP contribution in [-0.2, 0) is 17.5 Å². The number of benzene rings is 1. The van der Waals surface area contributed by atoms with E-state index in [0.29, 0.717) is 12.1 Å². The Hall–Kier alpha value is -1.56. The summed E-state index contributed by atoms with van der Waals surface area (Å²) in [5.41, 5.74) is 5.22. The number of piperidine rings is 1. The normalized spacial score (nSPS) is 20.4. The third-order valence-corrected chi connectivity index (χ3v) is 3.83. The third-order valence-electron chi connectivity index (χ3n) is 3.83. The van der Waals surface area contributed by atoms with Gasteiger partial charge in [0.25, 0.3) is 0 Å². The van der Waals surface area contributed by atoms with Crippen molar-refractivity contribution in [2.45, 2.75) is 44.4 Å². The van der Waals surface area contributed by atoms with Crippen LogP contribution >= 0.6 is 0 Å². The van der Waals surface area contributed by atoms with Gasteiger partial charge in [0.05, 0.1) is 5.56 Å². The molecule has 116 valence electrons. The van der Waals surface area contributed by atoms with Crippen LogP contribution < -0.4 is 5.73 Å². The predicted octanol–water partition coefficient (Wildman–Crippen LogP) is 2.94. The standard InChI is InChI=1S/C15H19F3N2O/c16-15(17,18)12-5-3-4-11(8-12)10-20-7-2-1-6-13(20)9-14(19)21/h3-5,8,13H,1-2,6-7,9-10H2,(H2,19,21). The van der Waals surface area contributed by atoms with E-state index in [4.69, 9.17) is 5.73 Å². The van der Waals surface area contributed by atoms with Crippen LogP contribution in [0.5, 0.6) is 0 Å². The van der Waals surface area contributed by atoms with Crippen LogP contribution in [0.15, 0.2) is 24.3 Å². The summed E-state index contributed by atoms with van der Waals surface area (Å²) in [6, 6.07) is 5.39. The number of carbonyl (C=O) groups is 1. The van der Waals surface area contributed by atoms with Crippen molar-refractivity contribution in [2.24, 2.45) is 5.73 Å². The summed E-state index contributed by atoms with van der Waals surface area (Å²) < 4.78 is 38.2. The minimum Gasteiger partial charge on any atom is -0.370 e. The second kappa shape index (κ2) is 6.47. The van der Waals surface area contributed by atoms with E-state index in [-0.39, 0.29) is 18.4 Å². The summed E-state index contributed by atoms with van der Waals surface area (Å²) in [5, 5.41) is 0. The molecule has 1 aliphatic rings. The van der Waals surface area contributed by atoms with Gasteiger partial charge in [0.2, 0.25) is 5.91 Å². The van der Waals surface area contributed by atoms with Gasteiger partial charge in [-0.3, -0.25) is 9.69 Å². The first kappa shape index (κ1) is 15.8. The molecular weight excluding hydrogens is 281 g/mol. The molecule has 2 rings (SSSR count). The zero-order valence-corrected chi connectivity index (χ0v) is 11.7. The van der Waals surface area contributed by atoms with Gasteiger partial charge in [0, 0.05) is 19.0 Å². The lowest BCUT2D eigenvalue weighted by Gasteiger charge is -2.35. The molecule has 1 heterocycles. The quantitative estimate of drug-likeness (QED) is 0.929. The highest BCUT2D eigenvalue weighted by Crippen LogP contribution is 2.30. The molecule has 0 radical (unpaired) electrons. The lowest BCUT2D eigenvalue weighted by Crippen LogP contribution is -2.41. The molecule has 1 atom stereocenters. The number of hydrogen-bond donors (Lipinski definition) is 1. The highest BCUT2D eigenvalue weighted by Gasteiger charge is 2.31. The average molecular weight is 300 g/mol. The van der Waals surface area contributed by atoms with Crippen LogP contribution in [0, 0.1) is 0 Å². The highest BCUT2D eigenvalue weighted by molar-refractivity contribution is 5.74. The lowest BCUT2D eigenvalue weighted by molar-refractivity contribution is -0.137. The Morgan fingerprint density at radius 1 is 1.33 bits per heavy atom. The second-order valence-electron chi connectivity index (χ2n) is 5.49. The maximum absolute atomic E-state index is 12.7. The van der Waals surface area contributed by atoms with Gasteiger partial charge < -0.3 is 5.73 Å². The maximum atomic E-state index is 12.7. The first-order valence-electron chi connectivity index (χ1n) is 7.05. The van der Waals surface area contributed by atoms with Crippen LogP contribution in [-0.4, -0.2) is 23.4 Å². The molecule has 1 aromatic carbocycles. The first-order valence-corrected chi connectivity index (χ1v) is 7.05. The van der Waals surface area contributed by atoms with Crippen LogP contribution in [0.25, 0.3) is 0 Å². The number of alkyl halides is 3. The number of amides is 1. The lowest BCUT2D eigenvalue weighted by atomic mass is 9.98. The molecule has 1 unspecified atom stereocenters. The number of halogens is 3. The van der Waals surface area contributed by atoms with E-state index in [1.165, 1.54) is 12.1 Å². The van der Waals surface area contributed by atoms with Crippen molar-refractivity contribution in [3.8, 4) is 0 Å². The van der Waals surface area contributed by atoms with Crippen molar-refractivity contribution in [1.82, 2.24) is 4.90 Å². The summed E-state index contributed by atoms with van der Waals surface area (Å²) in [7, 11) is 0. The van der Waals surface area contributed by atoms with Gasteiger partial charge in [0.1, 0.15) is 0 Å². The van der Waals surface area contributed by atoms with Crippen LogP contribution in [0.2, 0.25) is 0 Å². The monoisotopic (exact) mass is 300 g/mol. The molecular formula is C15H19F3N2O. The van der Waals surface area contributed by atoms with Crippen molar-refractivity contribution in [2.75, 3.05) is 6.54 Å². The topological polar surface area (TPSA) is 46.3 Å². The fourth-order valence-corrected chi connectivity index (χ4v) is 2.81. The SMILES string of the molecule is NC(=O)CC1CCCCN1Cc1cccc(C(F)(F)F)c1. The Labute approximate surface area is 121 Å². The average Bonchev–Trinajstić information content (AvgIpc) is 2.40. The van der Waals surface area contributed by atoms with Gasteiger partial charge >= 0.3 is 6.18 Å².